The van der Waals surface area contributed by atoms with Gasteiger partial charge in [0, 0.05) is 32.0 Å². The summed E-state index contributed by atoms with van der Waals surface area (Å²) in [6.07, 6.45) is 7.52. The molecule has 0 saturated heterocycles. The third-order valence-electron chi connectivity index (χ3n) is 3.37. The molecule has 18 heavy (non-hydrogen) atoms. The van der Waals surface area contributed by atoms with Gasteiger partial charge in [-0.05, 0) is 37.4 Å². The third kappa shape index (κ3) is 3.60. The van der Waals surface area contributed by atoms with E-state index in [4.69, 9.17) is 0 Å². The number of hydrogen-bond acceptors (Lipinski definition) is 2. The van der Waals surface area contributed by atoms with Crippen LogP contribution in [0.1, 0.15) is 31.7 Å². The van der Waals surface area contributed by atoms with Crippen LogP contribution in [0.15, 0.2) is 18.5 Å². The normalized spacial score (nSPS) is 14.8. The molecule has 0 aromatic carbocycles. The molecule has 0 radical (unpaired) electrons. The highest BCUT2D eigenvalue weighted by atomic mass is 16.2. The molecule has 1 N–H and O–H groups in total. The Morgan fingerprint density at radius 2 is 2.33 bits per heavy atom. The first-order valence-corrected chi connectivity index (χ1v) is 6.81. The van der Waals surface area contributed by atoms with Gasteiger partial charge in [-0.2, -0.15) is 0 Å². The molecule has 1 heterocycles. The monoisotopic (exact) mass is 249 g/mol. The molecule has 2 rings (SSSR count). The lowest BCUT2D eigenvalue weighted by molar-refractivity contribution is -0.131. The van der Waals surface area contributed by atoms with E-state index in [0.29, 0.717) is 12.6 Å². The largest absolute Gasteiger partial charge is 0.345 e. The maximum atomic E-state index is 12.0. The average molecular weight is 249 g/mol. The minimum Gasteiger partial charge on any atom is -0.345 e. The molecule has 1 aromatic rings. The number of likely N-dealkylation sites (N-methyl/N-ethyl adjacent to an activating group) is 1. The van der Waals surface area contributed by atoms with Gasteiger partial charge in [0.2, 0.25) is 5.91 Å². The first kappa shape index (κ1) is 13.1. The van der Waals surface area contributed by atoms with Crippen molar-refractivity contribution in [1.29, 1.82) is 0 Å². The Balaban J connectivity index is 1.80. The molecule has 0 spiro atoms. The van der Waals surface area contributed by atoms with Crippen LogP contribution in [0.3, 0.4) is 0 Å². The van der Waals surface area contributed by atoms with E-state index in [1.807, 2.05) is 22.7 Å². The molecule has 1 fully saturated rings. The molecule has 1 amide bonds. The van der Waals surface area contributed by atoms with Crippen molar-refractivity contribution < 1.29 is 4.79 Å². The summed E-state index contributed by atoms with van der Waals surface area (Å²) in [5.41, 5.74) is 1.24. The smallest absolute Gasteiger partial charge is 0.242 e. The summed E-state index contributed by atoms with van der Waals surface area (Å²) >= 11 is 0. The van der Waals surface area contributed by atoms with Gasteiger partial charge in [0.15, 0.2) is 0 Å². The van der Waals surface area contributed by atoms with Gasteiger partial charge < -0.3 is 14.8 Å². The molecule has 1 saturated carbocycles. The molecule has 0 bridgehead atoms. The third-order valence-corrected chi connectivity index (χ3v) is 3.37. The van der Waals surface area contributed by atoms with E-state index in [2.05, 4.69) is 24.5 Å². The second-order valence-electron chi connectivity index (χ2n) is 5.10. The summed E-state index contributed by atoms with van der Waals surface area (Å²) in [6, 6.07) is 2.58. The highest BCUT2D eigenvalue weighted by molar-refractivity contribution is 5.76. The van der Waals surface area contributed by atoms with Gasteiger partial charge in [-0.25, -0.2) is 0 Å². The van der Waals surface area contributed by atoms with Crippen LogP contribution >= 0.6 is 0 Å². The van der Waals surface area contributed by atoms with E-state index in [1.54, 1.807) is 0 Å². The number of amides is 1. The van der Waals surface area contributed by atoms with E-state index in [0.717, 1.165) is 19.5 Å². The van der Waals surface area contributed by atoms with Crippen molar-refractivity contribution in [3.63, 3.8) is 0 Å². The van der Waals surface area contributed by atoms with Gasteiger partial charge in [0.1, 0.15) is 6.54 Å². The number of carbonyl (C=O) groups excluding carboxylic acids is 1. The summed E-state index contributed by atoms with van der Waals surface area (Å²) in [6.45, 7) is 4.54. The number of aromatic nitrogens is 1. The van der Waals surface area contributed by atoms with Crippen LogP contribution in [0.4, 0.5) is 0 Å². The topological polar surface area (TPSA) is 37.3 Å². The zero-order valence-electron chi connectivity index (χ0n) is 11.4. The minimum atomic E-state index is 0.209. The molecular weight excluding hydrogens is 226 g/mol. The molecule has 1 aliphatic rings. The number of nitrogens with one attached hydrogen (secondary N) is 1. The fourth-order valence-electron chi connectivity index (χ4n) is 2.04. The van der Waals surface area contributed by atoms with E-state index in [1.165, 1.54) is 18.4 Å². The summed E-state index contributed by atoms with van der Waals surface area (Å²) in [7, 11) is 1.91. The van der Waals surface area contributed by atoms with Gasteiger partial charge >= 0.3 is 0 Å². The summed E-state index contributed by atoms with van der Waals surface area (Å²) in [5.74, 6) is 0.209. The Kier molecular flexibility index (Phi) is 4.42. The molecule has 1 aromatic heterocycles. The SMILES string of the molecule is CCCNCc1ccn(CC(=O)N(C)C2CC2)c1. The van der Waals surface area contributed by atoms with Gasteiger partial charge in [0.05, 0.1) is 0 Å². The molecule has 0 unspecified atom stereocenters. The van der Waals surface area contributed by atoms with Crippen LogP contribution in [0.2, 0.25) is 0 Å². The number of nitrogens with zero attached hydrogens (tertiary/aromatic N) is 2. The van der Waals surface area contributed by atoms with Crippen molar-refractivity contribution in [3.05, 3.63) is 24.0 Å². The van der Waals surface area contributed by atoms with Crippen molar-refractivity contribution in [2.75, 3.05) is 13.6 Å². The lowest BCUT2D eigenvalue weighted by Gasteiger charge is -2.16. The highest BCUT2D eigenvalue weighted by Gasteiger charge is 2.29. The van der Waals surface area contributed by atoms with Crippen molar-refractivity contribution in [2.45, 2.75) is 45.3 Å². The number of rotatable bonds is 7. The second kappa shape index (κ2) is 6.05. The first-order valence-electron chi connectivity index (χ1n) is 6.81. The highest BCUT2D eigenvalue weighted by Crippen LogP contribution is 2.25. The van der Waals surface area contributed by atoms with Crippen LogP contribution in [0.25, 0.3) is 0 Å². The zero-order chi connectivity index (χ0) is 13.0. The Hall–Kier alpha value is -1.29. The fraction of sp³-hybridized carbons (Fsp3) is 0.643. The number of carbonyl (C=O) groups is 1. The number of hydrogen-bond donors (Lipinski definition) is 1. The van der Waals surface area contributed by atoms with Crippen molar-refractivity contribution >= 4 is 5.91 Å². The lowest BCUT2D eigenvalue weighted by Crippen LogP contribution is -2.31. The Morgan fingerprint density at radius 3 is 3.00 bits per heavy atom. The second-order valence-corrected chi connectivity index (χ2v) is 5.10. The van der Waals surface area contributed by atoms with Gasteiger partial charge in [-0.15, -0.1) is 0 Å². The fourth-order valence-corrected chi connectivity index (χ4v) is 2.04. The molecule has 100 valence electrons. The Morgan fingerprint density at radius 1 is 1.56 bits per heavy atom. The van der Waals surface area contributed by atoms with Gasteiger partial charge in [0.25, 0.3) is 0 Å². The van der Waals surface area contributed by atoms with Crippen LogP contribution in [-0.2, 0) is 17.9 Å². The van der Waals surface area contributed by atoms with Crippen LogP contribution in [0.5, 0.6) is 0 Å². The quantitative estimate of drug-likeness (QED) is 0.745. The standard InChI is InChI=1S/C14H23N3O/c1-3-7-15-9-12-6-8-17(10-12)11-14(18)16(2)13-4-5-13/h6,8,10,13,15H,3-5,7,9,11H2,1-2H3. The Labute approximate surface area is 109 Å². The lowest BCUT2D eigenvalue weighted by atomic mass is 10.3. The van der Waals surface area contributed by atoms with Crippen LogP contribution < -0.4 is 5.32 Å². The predicted octanol–water partition coefficient (Wildman–Crippen LogP) is 1.61. The predicted molar refractivity (Wildman–Crippen MR) is 72.2 cm³/mol. The molecule has 4 nitrogen and oxygen atoms in total. The van der Waals surface area contributed by atoms with Crippen molar-refractivity contribution in [1.82, 2.24) is 14.8 Å². The molecule has 0 atom stereocenters. The molecule has 4 heteroatoms. The average Bonchev–Trinajstić information content (AvgIpc) is 3.11. The Bertz CT molecular complexity index is 395. The molecular formula is C14H23N3O. The van der Waals surface area contributed by atoms with Crippen LogP contribution in [-0.4, -0.2) is 35.0 Å². The van der Waals surface area contributed by atoms with E-state index >= 15 is 0 Å². The minimum absolute atomic E-state index is 0.209. The molecule has 1 aliphatic carbocycles. The van der Waals surface area contributed by atoms with E-state index in [9.17, 15) is 4.79 Å². The van der Waals surface area contributed by atoms with Crippen LogP contribution in [0, 0.1) is 0 Å². The van der Waals surface area contributed by atoms with Crippen molar-refractivity contribution in [3.8, 4) is 0 Å². The zero-order valence-corrected chi connectivity index (χ0v) is 11.4. The van der Waals surface area contributed by atoms with E-state index < -0.39 is 0 Å². The summed E-state index contributed by atoms with van der Waals surface area (Å²) < 4.78 is 1.98. The van der Waals surface area contributed by atoms with Gasteiger partial charge in [-0.3, -0.25) is 4.79 Å². The maximum absolute atomic E-state index is 12.0. The van der Waals surface area contributed by atoms with Crippen molar-refractivity contribution in [2.24, 2.45) is 0 Å². The van der Waals surface area contributed by atoms with E-state index in [-0.39, 0.29) is 5.91 Å². The van der Waals surface area contributed by atoms with Gasteiger partial charge in [-0.1, -0.05) is 6.92 Å². The maximum Gasteiger partial charge on any atom is 0.242 e. The summed E-state index contributed by atoms with van der Waals surface area (Å²) in [4.78, 5) is 13.8. The first-order chi connectivity index (χ1) is 8.70. The summed E-state index contributed by atoms with van der Waals surface area (Å²) in [5, 5.41) is 3.36. The molecule has 0 aliphatic heterocycles.